The first-order chi connectivity index (χ1) is 12.5. The summed E-state index contributed by atoms with van der Waals surface area (Å²) >= 11 is 5.95. The second-order valence-electron chi connectivity index (χ2n) is 6.31. The number of piperidine rings is 1. The highest BCUT2D eigenvalue weighted by atomic mass is 35.5. The minimum absolute atomic E-state index is 0.0756. The van der Waals surface area contributed by atoms with Crippen molar-refractivity contribution in [2.75, 3.05) is 24.5 Å². The Morgan fingerprint density at radius 2 is 1.92 bits per heavy atom. The van der Waals surface area contributed by atoms with E-state index in [2.05, 4.69) is 15.3 Å². The molecule has 5 nitrogen and oxygen atoms in total. The van der Waals surface area contributed by atoms with Crippen molar-refractivity contribution in [3.63, 3.8) is 0 Å². The molecule has 26 heavy (non-hydrogen) atoms. The van der Waals surface area contributed by atoms with Crippen LogP contribution < -0.4 is 10.2 Å². The van der Waals surface area contributed by atoms with E-state index in [0.717, 1.165) is 38.3 Å². The standard InChI is InChI=1S/C18H19ClF2N4O/c19-15-2-1-3-16(21)14(15)8-17(26)22-9-12-4-6-25(7-5-12)18-23-10-13(20)11-24-18/h1-3,10-12H,4-9H2,(H,22,26). The van der Waals surface area contributed by atoms with Gasteiger partial charge in [0.25, 0.3) is 0 Å². The van der Waals surface area contributed by atoms with Crippen LogP contribution in [0.3, 0.4) is 0 Å². The summed E-state index contributed by atoms with van der Waals surface area (Å²) < 4.78 is 26.6. The van der Waals surface area contributed by atoms with Gasteiger partial charge in [0.15, 0.2) is 5.82 Å². The lowest BCUT2D eigenvalue weighted by molar-refractivity contribution is -0.120. The van der Waals surface area contributed by atoms with Crippen LogP contribution in [0.25, 0.3) is 0 Å². The smallest absolute Gasteiger partial charge is 0.225 e. The number of benzene rings is 1. The van der Waals surface area contributed by atoms with E-state index in [1.165, 1.54) is 12.1 Å². The molecule has 1 aliphatic heterocycles. The van der Waals surface area contributed by atoms with Crippen LogP contribution in [0.15, 0.2) is 30.6 Å². The van der Waals surface area contributed by atoms with Gasteiger partial charge in [-0.25, -0.2) is 18.7 Å². The van der Waals surface area contributed by atoms with Gasteiger partial charge in [-0.15, -0.1) is 0 Å². The Morgan fingerprint density at radius 3 is 2.58 bits per heavy atom. The third-order valence-corrected chi connectivity index (χ3v) is 4.85. The highest BCUT2D eigenvalue weighted by Crippen LogP contribution is 2.21. The van der Waals surface area contributed by atoms with Crippen LogP contribution in [0.2, 0.25) is 5.02 Å². The van der Waals surface area contributed by atoms with Gasteiger partial charge in [0, 0.05) is 30.2 Å². The van der Waals surface area contributed by atoms with Gasteiger partial charge in [-0.3, -0.25) is 4.79 Å². The molecule has 1 aromatic heterocycles. The maximum Gasteiger partial charge on any atom is 0.225 e. The van der Waals surface area contributed by atoms with Crippen molar-refractivity contribution in [3.8, 4) is 0 Å². The molecule has 0 atom stereocenters. The minimum atomic E-state index is -0.472. The molecule has 1 N–H and O–H groups in total. The molecule has 0 aliphatic carbocycles. The first-order valence-electron chi connectivity index (χ1n) is 8.45. The Morgan fingerprint density at radius 1 is 1.23 bits per heavy atom. The van der Waals surface area contributed by atoms with Gasteiger partial charge in [0.05, 0.1) is 18.8 Å². The molecule has 0 unspecified atom stereocenters. The monoisotopic (exact) mass is 380 g/mol. The lowest BCUT2D eigenvalue weighted by Crippen LogP contribution is -2.39. The number of nitrogens with zero attached hydrogens (tertiary/aromatic N) is 3. The highest BCUT2D eigenvalue weighted by Gasteiger charge is 2.21. The SMILES string of the molecule is O=C(Cc1c(F)cccc1Cl)NCC1CCN(c2ncc(F)cn2)CC1. The number of halogens is 3. The van der Waals surface area contributed by atoms with Crippen LogP contribution in [0.4, 0.5) is 14.7 Å². The molecule has 1 aromatic carbocycles. The van der Waals surface area contributed by atoms with Crippen molar-refractivity contribution in [1.82, 2.24) is 15.3 Å². The Labute approximate surface area is 155 Å². The van der Waals surface area contributed by atoms with E-state index >= 15 is 0 Å². The molecule has 3 rings (SSSR count). The summed E-state index contributed by atoms with van der Waals surface area (Å²) in [5, 5.41) is 3.11. The summed E-state index contributed by atoms with van der Waals surface area (Å²) in [5.74, 6) is -0.335. The molecule has 0 bridgehead atoms. The molecule has 1 aliphatic rings. The van der Waals surface area contributed by atoms with Crippen molar-refractivity contribution in [3.05, 3.63) is 52.8 Å². The summed E-state index contributed by atoms with van der Waals surface area (Å²) in [5.41, 5.74) is 0.218. The number of carbonyl (C=O) groups excluding carboxylic acids is 1. The predicted molar refractivity (Wildman–Crippen MR) is 95.1 cm³/mol. The van der Waals surface area contributed by atoms with Gasteiger partial charge >= 0.3 is 0 Å². The number of aromatic nitrogens is 2. The van der Waals surface area contributed by atoms with Gasteiger partial charge in [-0.2, -0.15) is 0 Å². The van der Waals surface area contributed by atoms with E-state index in [1.54, 1.807) is 6.07 Å². The number of hydrogen-bond donors (Lipinski definition) is 1. The summed E-state index contributed by atoms with van der Waals surface area (Å²) in [6, 6.07) is 4.37. The molecule has 0 saturated carbocycles. The van der Waals surface area contributed by atoms with E-state index in [4.69, 9.17) is 11.6 Å². The number of rotatable bonds is 5. The van der Waals surface area contributed by atoms with Crippen LogP contribution in [0, 0.1) is 17.6 Å². The molecule has 1 amide bonds. The van der Waals surface area contributed by atoms with Crippen molar-refractivity contribution >= 4 is 23.5 Å². The normalized spacial score (nSPS) is 15.1. The number of carbonyl (C=O) groups is 1. The Kier molecular flexibility index (Phi) is 5.98. The van der Waals surface area contributed by atoms with Gasteiger partial charge < -0.3 is 10.2 Å². The minimum Gasteiger partial charge on any atom is -0.356 e. The van der Waals surface area contributed by atoms with Crippen LogP contribution in [-0.2, 0) is 11.2 Å². The maximum atomic E-state index is 13.7. The fourth-order valence-electron chi connectivity index (χ4n) is 2.99. The summed E-state index contributed by atoms with van der Waals surface area (Å²) in [7, 11) is 0. The molecule has 2 heterocycles. The fraction of sp³-hybridized carbons (Fsp3) is 0.389. The number of amides is 1. The van der Waals surface area contributed by atoms with Gasteiger partial charge in [-0.05, 0) is 30.9 Å². The molecule has 2 aromatic rings. The van der Waals surface area contributed by atoms with Crippen LogP contribution in [0.1, 0.15) is 18.4 Å². The average Bonchev–Trinajstić information content (AvgIpc) is 2.64. The largest absolute Gasteiger partial charge is 0.356 e. The van der Waals surface area contributed by atoms with Crippen LogP contribution >= 0.6 is 11.6 Å². The first kappa shape index (κ1) is 18.5. The number of hydrogen-bond acceptors (Lipinski definition) is 4. The molecule has 138 valence electrons. The van der Waals surface area contributed by atoms with E-state index in [9.17, 15) is 13.6 Å². The van der Waals surface area contributed by atoms with Gasteiger partial charge in [0.2, 0.25) is 11.9 Å². The molecule has 1 fully saturated rings. The second kappa shape index (κ2) is 8.40. The summed E-state index contributed by atoms with van der Waals surface area (Å²) in [6.07, 6.45) is 3.96. The molecular formula is C18H19ClF2N4O. The van der Waals surface area contributed by atoms with E-state index in [-0.39, 0.29) is 22.9 Å². The topological polar surface area (TPSA) is 58.1 Å². The lowest BCUT2D eigenvalue weighted by atomic mass is 9.97. The average molecular weight is 381 g/mol. The second-order valence-corrected chi connectivity index (χ2v) is 6.72. The fourth-order valence-corrected chi connectivity index (χ4v) is 3.22. The zero-order valence-electron chi connectivity index (χ0n) is 14.1. The molecular weight excluding hydrogens is 362 g/mol. The van der Waals surface area contributed by atoms with Gasteiger partial charge in [0.1, 0.15) is 5.82 Å². The summed E-state index contributed by atoms with van der Waals surface area (Å²) in [6.45, 7) is 2.01. The lowest BCUT2D eigenvalue weighted by Gasteiger charge is -2.32. The quantitative estimate of drug-likeness (QED) is 0.866. The van der Waals surface area contributed by atoms with Crippen molar-refractivity contribution in [1.29, 1.82) is 0 Å². The molecule has 1 saturated heterocycles. The van der Waals surface area contributed by atoms with E-state index in [1.807, 2.05) is 4.90 Å². The van der Waals surface area contributed by atoms with E-state index in [0.29, 0.717) is 18.4 Å². The highest BCUT2D eigenvalue weighted by molar-refractivity contribution is 6.31. The van der Waals surface area contributed by atoms with Gasteiger partial charge in [-0.1, -0.05) is 17.7 Å². The molecule has 0 spiro atoms. The Hall–Kier alpha value is -2.28. The predicted octanol–water partition coefficient (Wildman–Crippen LogP) is 2.98. The number of anilines is 1. The van der Waals surface area contributed by atoms with Crippen molar-refractivity contribution in [2.45, 2.75) is 19.3 Å². The Bertz CT molecular complexity index is 744. The number of nitrogens with one attached hydrogen (secondary N) is 1. The molecule has 0 radical (unpaired) electrons. The maximum absolute atomic E-state index is 13.7. The first-order valence-corrected chi connectivity index (χ1v) is 8.83. The Balaban J connectivity index is 1.45. The zero-order valence-corrected chi connectivity index (χ0v) is 14.8. The third-order valence-electron chi connectivity index (χ3n) is 4.49. The van der Waals surface area contributed by atoms with Crippen molar-refractivity contribution < 1.29 is 13.6 Å². The third kappa shape index (κ3) is 4.66. The van der Waals surface area contributed by atoms with Crippen molar-refractivity contribution in [2.24, 2.45) is 5.92 Å². The summed E-state index contributed by atoms with van der Waals surface area (Å²) in [4.78, 5) is 22.0. The van der Waals surface area contributed by atoms with Crippen LogP contribution in [0.5, 0.6) is 0 Å². The molecule has 8 heteroatoms. The zero-order chi connectivity index (χ0) is 18.5. The van der Waals surface area contributed by atoms with Crippen LogP contribution in [-0.4, -0.2) is 35.5 Å². The van der Waals surface area contributed by atoms with E-state index < -0.39 is 11.6 Å².